The number of rotatable bonds is 3. The first-order valence-electron chi connectivity index (χ1n) is 8.04. The average molecular weight is 318 g/mol. The second kappa shape index (κ2) is 6.62. The van der Waals surface area contributed by atoms with E-state index < -0.39 is 0 Å². The van der Waals surface area contributed by atoms with Gasteiger partial charge in [0.1, 0.15) is 12.1 Å². The van der Waals surface area contributed by atoms with Gasteiger partial charge in [0.25, 0.3) is 0 Å². The Morgan fingerprint density at radius 1 is 0.708 bits per heavy atom. The molecule has 3 aromatic rings. The summed E-state index contributed by atoms with van der Waals surface area (Å²) in [5, 5.41) is 0. The lowest BCUT2D eigenvalue weighted by molar-refractivity contribution is 0.634. The highest BCUT2D eigenvalue weighted by Gasteiger charge is 2.20. The summed E-state index contributed by atoms with van der Waals surface area (Å²) in [5.41, 5.74) is 2.06. The van der Waals surface area contributed by atoms with Gasteiger partial charge in [0.2, 0.25) is 5.95 Å². The summed E-state index contributed by atoms with van der Waals surface area (Å²) in [6, 6.07) is 14.1. The van der Waals surface area contributed by atoms with Crippen molar-refractivity contribution in [3.05, 3.63) is 61.2 Å². The van der Waals surface area contributed by atoms with E-state index in [1.165, 1.54) is 0 Å². The molecule has 6 heteroatoms. The van der Waals surface area contributed by atoms with Crippen molar-refractivity contribution in [3.63, 3.8) is 0 Å². The van der Waals surface area contributed by atoms with Gasteiger partial charge in [-0.25, -0.2) is 19.9 Å². The van der Waals surface area contributed by atoms with Crippen LogP contribution in [-0.2, 0) is 0 Å². The smallest absolute Gasteiger partial charge is 0.225 e. The largest absolute Gasteiger partial charge is 0.353 e. The first kappa shape index (κ1) is 14.6. The van der Waals surface area contributed by atoms with Crippen molar-refractivity contribution in [2.45, 2.75) is 0 Å². The predicted octanol–water partition coefficient (Wildman–Crippen LogP) is 2.26. The zero-order valence-corrected chi connectivity index (χ0v) is 13.3. The lowest BCUT2D eigenvalue weighted by atomic mass is 10.1. The minimum absolute atomic E-state index is 0.796. The summed E-state index contributed by atoms with van der Waals surface area (Å²) in [7, 11) is 0. The summed E-state index contributed by atoms with van der Waals surface area (Å²) in [4.78, 5) is 22.0. The molecule has 1 saturated heterocycles. The van der Waals surface area contributed by atoms with Crippen LogP contribution in [-0.4, -0.2) is 46.1 Å². The lowest BCUT2D eigenvalue weighted by Crippen LogP contribution is -2.47. The third-order valence-corrected chi connectivity index (χ3v) is 4.16. The molecule has 0 spiro atoms. The van der Waals surface area contributed by atoms with E-state index >= 15 is 0 Å². The van der Waals surface area contributed by atoms with Gasteiger partial charge in [-0.1, -0.05) is 30.3 Å². The van der Waals surface area contributed by atoms with Crippen molar-refractivity contribution < 1.29 is 0 Å². The molecular formula is C18H18N6. The highest BCUT2D eigenvalue weighted by atomic mass is 15.3. The molecule has 120 valence electrons. The molecule has 3 heterocycles. The first-order chi connectivity index (χ1) is 11.9. The summed E-state index contributed by atoms with van der Waals surface area (Å²) < 4.78 is 0. The molecule has 0 N–H and O–H groups in total. The van der Waals surface area contributed by atoms with E-state index in [0.29, 0.717) is 0 Å². The van der Waals surface area contributed by atoms with Crippen molar-refractivity contribution in [3.8, 4) is 11.3 Å². The number of nitrogens with zero attached hydrogens (tertiary/aromatic N) is 6. The van der Waals surface area contributed by atoms with Gasteiger partial charge >= 0.3 is 0 Å². The maximum atomic E-state index is 4.45. The Bertz CT molecular complexity index is 785. The zero-order chi connectivity index (χ0) is 16.2. The lowest BCUT2D eigenvalue weighted by Gasteiger charge is -2.35. The van der Waals surface area contributed by atoms with Gasteiger partial charge < -0.3 is 9.80 Å². The molecular weight excluding hydrogens is 300 g/mol. The molecule has 0 atom stereocenters. The van der Waals surface area contributed by atoms with Crippen LogP contribution in [0.4, 0.5) is 11.8 Å². The Morgan fingerprint density at radius 3 is 2.17 bits per heavy atom. The SMILES string of the molecule is c1ccc(-c2cc(N3CCN(c4ncccn4)CC3)ncn2)cc1. The van der Waals surface area contributed by atoms with Crippen LogP contribution >= 0.6 is 0 Å². The molecule has 1 aliphatic rings. The standard InChI is InChI=1S/C18H18N6/c1-2-5-15(6-3-1)16-13-17(22-14-21-16)23-9-11-24(12-10-23)18-19-7-4-8-20-18/h1-8,13-14H,9-12H2. The quantitative estimate of drug-likeness (QED) is 0.738. The molecule has 0 aliphatic carbocycles. The van der Waals surface area contributed by atoms with Crippen molar-refractivity contribution in [2.75, 3.05) is 36.0 Å². The minimum atomic E-state index is 0.796. The number of hydrogen-bond donors (Lipinski definition) is 0. The molecule has 1 fully saturated rings. The first-order valence-corrected chi connectivity index (χ1v) is 8.04. The molecule has 0 radical (unpaired) electrons. The molecule has 0 unspecified atom stereocenters. The van der Waals surface area contributed by atoms with Crippen LogP contribution in [0.5, 0.6) is 0 Å². The van der Waals surface area contributed by atoms with Crippen LogP contribution in [0.1, 0.15) is 0 Å². The number of anilines is 2. The molecule has 0 amide bonds. The Labute approximate surface area is 140 Å². The fourth-order valence-electron chi connectivity index (χ4n) is 2.88. The maximum absolute atomic E-state index is 4.45. The maximum Gasteiger partial charge on any atom is 0.225 e. The van der Waals surface area contributed by atoms with E-state index in [2.05, 4.69) is 47.9 Å². The summed E-state index contributed by atoms with van der Waals surface area (Å²) >= 11 is 0. The topological polar surface area (TPSA) is 58.0 Å². The van der Waals surface area contributed by atoms with Crippen LogP contribution in [0.25, 0.3) is 11.3 Å². The van der Waals surface area contributed by atoms with Gasteiger partial charge in [0, 0.05) is 50.2 Å². The monoisotopic (exact) mass is 318 g/mol. The third kappa shape index (κ3) is 3.03. The number of piperazine rings is 1. The summed E-state index contributed by atoms with van der Waals surface area (Å²) in [6.07, 6.45) is 5.21. The summed E-state index contributed by atoms with van der Waals surface area (Å²) in [5.74, 6) is 1.77. The van der Waals surface area contributed by atoms with Gasteiger partial charge in [-0.05, 0) is 6.07 Å². The van der Waals surface area contributed by atoms with E-state index in [9.17, 15) is 0 Å². The second-order valence-corrected chi connectivity index (χ2v) is 5.65. The van der Waals surface area contributed by atoms with Gasteiger partial charge in [0.05, 0.1) is 5.69 Å². The Morgan fingerprint density at radius 2 is 1.42 bits per heavy atom. The van der Waals surface area contributed by atoms with Crippen LogP contribution in [0.3, 0.4) is 0 Å². The molecule has 1 aliphatic heterocycles. The summed E-state index contributed by atoms with van der Waals surface area (Å²) in [6.45, 7) is 3.55. The van der Waals surface area contributed by atoms with Crippen molar-refractivity contribution in [1.82, 2.24) is 19.9 Å². The van der Waals surface area contributed by atoms with Gasteiger partial charge in [-0.3, -0.25) is 0 Å². The van der Waals surface area contributed by atoms with Crippen LogP contribution < -0.4 is 9.80 Å². The number of benzene rings is 1. The van der Waals surface area contributed by atoms with E-state index in [4.69, 9.17) is 0 Å². The Hall–Kier alpha value is -3.02. The van der Waals surface area contributed by atoms with E-state index in [0.717, 1.165) is 49.2 Å². The van der Waals surface area contributed by atoms with Crippen molar-refractivity contribution >= 4 is 11.8 Å². The molecule has 1 aromatic carbocycles. The highest BCUT2D eigenvalue weighted by Crippen LogP contribution is 2.21. The fraction of sp³-hybridized carbons (Fsp3) is 0.222. The average Bonchev–Trinajstić information content (AvgIpc) is 2.70. The van der Waals surface area contributed by atoms with Crippen LogP contribution in [0.15, 0.2) is 61.2 Å². The van der Waals surface area contributed by atoms with Gasteiger partial charge in [-0.15, -0.1) is 0 Å². The van der Waals surface area contributed by atoms with Crippen LogP contribution in [0, 0.1) is 0 Å². The molecule has 0 bridgehead atoms. The molecule has 2 aromatic heterocycles. The predicted molar refractivity (Wildman–Crippen MR) is 93.9 cm³/mol. The molecule has 24 heavy (non-hydrogen) atoms. The zero-order valence-electron chi connectivity index (χ0n) is 13.3. The van der Waals surface area contributed by atoms with Gasteiger partial charge in [-0.2, -0.15) is 0 Å². The van der Waals surface area contributed by atoms with Crippen LogP contribution in [0.2, 0.25) is 0 Å². The third-order valence-electron chi connectivity index (χ3n) is 4.16. The van der Waals surface area contributed by atoms with E-state index in [-0.39, 0.29) is 0 Å². The Balaban J connectivity index is 1.48. The second-order valence-electron chi connectivity index (χ2n) is 5.65. The van der Waals surface area contributed by atoms with Crippen molar-refractivity contribution in [1.29, 1.82) is 0 Å². The molecule has 0 saturated carbocycles. The van der Waals surface area contributed by atoms with Crippen molar-refractivity contribution in [2.24, 2.45) is 0 Å². The number of aromatic nitrogens is 4. The fourth-order valence-corrected chi connectivity index (χ4v) is 2.88. The normalized spacial score (nSPS) is 14.7. The Kier molecular flexibility index (Phi) is 4.02. The minimum Gasteiger partial charge on any atom is -0.353 e. The van der Waals surface area contributed by atoms with E-state index in [1.54, 1.807) is 18.7 Å². The number of hydrogen-bond acceptors (Lipinski definition) is 6. The highest BCUT2D eigenvalue weighted by molar-refractivity contribution is 5.62. The molecule has 6 nitrogen and oxygen atoms in total. The molecule has 4 rings (SSSR count). The van der Waals surface area contributed by atoms with E-state index in [1.807, 2.05) is 24.3 Å². The van der Waals surface area contributed by atoms with Gasteiger partial charge in [0.15, 0.2) is 0 Å².